The van der Waals surface area contributed by atoms with Crippen LogP contribution in [0.5, 0.6) is 5.75 Å². The third-order valence-electron chi connectivity index (χ3n) is 4.92. The predicted octanol–water partition coefficient (Wildman–Crippen LogP) is 6.76. The van der Waals surface area contributed by atoms with Gasteiger partial charge >= 0.3 is 0 Å². The molecule has 140 valence electrons. The summed E-state index contributed by atoms with van der Waals surface area (Å²) in [6, 6.07) is 24.1. The fraction of sp³-hybridized carbons (Fsp3) is 0.160. The lowest BCUT2D eigenvalue weighted by Gasteiger charge is -2.07. The monoisotopic (exact) mass is 370 g/mol. The van der Waals surface area contributed by atoms with Crippen molar-refractivity contribution in [2.24, 2.45) is 0 Å². The number of hydrogen-bond acceptors (Lipinski definition) is 3. The van der Waals surface area contributed by atoms with Crippen LogP contribution in [0.15, 0.2) is 77.2 Å². The topological polar surface area (TPSA) is 39.4 Å². The first-order valence-electron chi connectivity index (χ1n) is 9.51. The third kappa shape index (κ3) is 3.31. The van der Waals surface area contributed by atoms with Crippen molar-refractivity contribution < 1.29 is 13.9 Å². The lowest BCUT2D eigenvalue weighted by atomic mass is 9.96. The van der Waals surface area contributed by atoms with E-state index in [9.17, 15) is 4.79 Å². The fourth-order valence-corrected chi connectivity index (χ4v) is 3.48. The maximum atomic E-state index is 12.7. The summed E-state index contributed by atoms with van der Waals surface area (Å²) in [6.07, 6.45) is 1.28. The van der Waals surface area contributed by atoms with E-state index in [0.29, 0.717) is 12.2 Å². The van der Waals surface area contributed by atoms with E-state index in [-0.39, 0.29) is 5.78 Å². The van der Waals surface area contributed by atoms with Gasteiger partial charge in [0.25, 0.3) is 0 Å². The molecule has 0 saturated heterocycles. The SMILES string of the molecule is CCCC(=O)c1oc2ccccc2c1-c1ccc(-c2ccc(OC)cc2)cc1. The van der Waals surface area contributed by atoms with E-state index in [1.807, 2.05) is 55.5 Å². The zero-order chi connectivity index (χ0) is 19.5. The van der Waals surface area contributed by atoms with Gasteiger partial charge in [0.15, 0.2) is 11.5 Å². The molecule has 1 aromatic heterocycles. The van der Waals surface area contributed by atoms with Crippen LogP contribution in [0.25, 0.3) is 33.2 Å². The standard InChI is InChI=1S/C25H22O3/c1-3-6-22(26)25-24(21-7-4-5-8-23(21)28-25)19-11-9-17(10-12-19)18-13-15-20(27-2)16-14-18/h4-5,7-16H,3,6H2,1-2H3. The number of carbonyl (C=O) groups is 1. The van der Waals surface area contributed by atoms with E-state index in [1.54, 1.807) is 7.11 Å². The van der Waals surface area contributed by atoms with Gasteiger partial charge < -0.3 is 9.15 Å². The van der Waals surface area contributed by atoms with Crippen molar-refractivity contribution in [1.82, 2.24) is 0 Å². The highest BCUT2D eigenvalue weighted by molar-refractivity contribution is 6.08. The number of ether oxygens (including phenoxy) is 1. The van der Waals surface area contributed by atoms with Crippen LogP contribution in [-0.4, -0.2) is 12.9 Å². The van der Waals surface area contributed by atoms with Crippen molar-refractivity contribution in [2.45, 2.75) is 19.8 Å². The number of ketones is 1. The van der Waals surface area contributed by atoms with Gasteiger partial charge in [-0.15, -0.1) is 0 Å². The van der Waals surface area contributed by atoms with E-state index in [0.717, 1.165) is 45.4 Å². The first kappa shape index (κ1) is 18.1. The molecule has 28 heavy (non-hydrogen) atoms. The number of benzene rings is 3. The van der Waals surface area contributed by atoms with E-state index in [2.05, 4.69) is 24.3 Å². The van der Waals surface area contributed by atoms with Crippen molar-refractivity contribution in [3.8, 4) is 28.0 Å². The van der Waals surface area contributed by atoms with E-state index >= 15 is 0 Å². The average Bonchev–Trinajstić information content (AvgIpc) is 3.14. The molecule has 4 aromatic rings. The number of para-hydroxylation sites is 1. The number of methoxy groups -OCH3 is 1. The molecule has 0 aliphatic heterocycles. The molecule has 0 atom stereocenters. The molecule has 0 aliphatic carbocycles. The van der Waals surface area contributed by atoms with Crippen LogP contribution in [0.3, 0.4) is 0 Å². The van der Waals surface area contributed by atoms with Crippen molar-refractivity contribution in [3.63, 3.8) is 0 Å². The summed E-state index contributed by atoms with van der Waals surface area (Å²) in [7, 11) is 1.66. The van der Waals surface area contributed by atoms with Gasteiger partial charge in [-0.2, -0.15) is 0 Å². The van der Waals surface area contributed by atoms with Crippen LogP contribution in [0, 0.1) is 0 Å². The summed E-state index contributed by atoms with van der Waals surface area (Å²) in [5, 5.41) is 0.971. The second kappa shape index (κ2) is 7.73. The summed E-state index contributed by atoms with van der Waals surface area (Å²) in [5.41, 5.74) is 4.85. The molecule has 1 heterocycles. The minimum absolute atomic E-state index is 0.0490. The van der Waals surface area contributed by atoms with Crippen LogP contribution in [0.4, 0.5) is 0 Å². The van der Waals surface area contributed by atoms with Crippen LogP contribution < -0.4 is 4.74 Å². The molecule has 0 fully saturated rings. The molecule has 0 aliphatic rings. The minimum atomic E-state index is 0.0490. The Morgan fingerprint density at radius 1 is 0.857 bits per heavy atom. The summed E-state index contributed by atoms with van der Waals surface area (Å²) in [4.78, 5) is 12.7. The van der Waals surface area contributed by atoms with Gasteiger partial charge in [0.2, 0.25) is 0 Å². The first-order chi connectivity index (χ1) is 13.7. The Morgan fingerprint density at radius 3 is 2.11 bits per heavy atom. The molecule has 0 saturated carbocycles. The average molecular weight is 370 g/mol. The summed E-state index contributed by atoms with van der Waals surface area (Å²) in [6.45, 7) is 2.00. The number of carbonyl (C=O) groups excluding carboxylic acids is 1. The van der Waals surface area contributed by atoms with Gasteiger partial charge in [-0.05, 0) is 41.3 Å². The van der Waals surface area contributed by atoms with Crippen LogP contribution in [0.1, 0.15) is 30.3 Å². The highest BCUT2D eigenvalue weighted by Crippen LogP contribution is 2.36. The number of Topliss-reactive ketones (excluding diaryl/α,β-unsaturated/α-hetero) is 1. The van der Waals surface area contributed by atoms with Gasteiger partial charge in [0.1, 0.15) is 11.3 Å². The Kier molecular flexibility index (Phi) is 4.98. The summed E-state index contributed by atoms with van der Waals surface area (Å²) < 4.78 is 11.2. The van der Waals surface area contributed by atoms with Gasteiger partial charge in [0.05, 0.1) is 7.11 Å². The molecular weight excluding hydrogens is 348 g/mol. The van der Waals surface area contributed by atoms with Gasteiger partial charge in [-0.1, -0.05) is 61.5 Å². The number of rotatable bonds is 6. The van der Waals surface area contributed by atoms with Gasteiger partial charge in [-0.25, -0.2) is 0 Å². The lowest BCUT2D eigenvalue weighted by molar-refractivity contribution is 0.0958. The molecule has 0 N–H and O–H groups in total. The largest absolute Gasteiger partial charge is 0.497 e. The maximum absolute atomic E-state index is 12.7. The van der Waals surface area contributed by atoms with Crippen molar-refractivity contribution >= 4 is 16.8 Å². The van der Waals surface area contributed by atoms with E-state index in [4.69, 9.17) is 9.15 Å². The summed E-state index contributed by atoms with van der Waals surface area (Å²) in [5.74, 6) is 1.34. The van der Waals surface area contributed by atoms with Crippen molar-refractivity contribution in [3.05, 3.63) is 78.6 Å². The Morgan fingerprint density at radius 2 is 1.46 bits per heavy atom. The zero-order valence-corrected chi connectivity index (χ0v) is 16.1. The maximum Gasteiger partial charge on any atom is 0.198 e. The minimum Gasteiger partial charge on any atom is -0.497 e. The van der Waals surface area contributed by atoms with Gasteiger partial charge in [0, 0.05) is 17.4 Å². The van der Waals surface area contributed by atoms with Crippen molar-refractivity contribution in [2.75, 3.05) is 7.11 Å². The molecule has 3 heteroatoms. The first-order valence-corrected chi connectivity index (χ1v) is 9.51. The quantitative estimate of drug-likeness (QED) is 0.352. The Balaban J connectivity index is 1.77. The second-order valence-electron chi connectivity index (χ2n) is 6.78. The molecule has 0 bridgehead atoms. The highest BCUT2D eigenvalue weighted by atomic mass is 16.5. The smallest absolute Gasteiger partial charge is 0.198 e. The number of furan rings is 1. The summed E-state index contributed by atoms with van der Waals surface area (Å²) >= 11 is 0. The van der Waals surface area contributed by atoms with Crippen molar-refractivity contribution in [1.29, 1.82) is 0 Å². The second-order valence-corrected chi connectivity index (χ2v) is 6.78. The lowest BCUT2D eigenvalue weighted by Crippen LogP contribution is -1.98. The Labute approximate surface area is 164 Å². The normalized spacial score (nSPS) is 10.9. The molecular formula is C25H22O3. The zero-order valence-electron chi connectivity index (χ0n) is 16.1. The third-order valence-corrected chi connectivity index (χ3v) is 4.92. The predicted molar refractivity (Wildman–Crippen MR) is 113 cm³/mol. The molecule has 4 rings (SSSR count). The molecule has 3 nitrogen and oxygen atoms in total. The Hall–Kier alpha value is -3.33. The molecule has 0 spiro atoms. The molecule has 0 amide bonds. The Bertz CT molecular complexity index is 1100. The number of fused-ring (bicyclic) bond motifs is 1. The van der Waals surface area contributed by atoms with Crippen LogP contribution >= 0.6 is 0 Å². The van der Waals surface area contributed by atoms with E-state index in [1.165, 1.54) is 0 Å². The fourth-order valence-electron chi connectivity index (χ4n) is 3.48. The molecule has 0 unspecified atom stereocenters. The van der Waals surface area contributed by atoms with Crippen LogP contribution in [-0.2, 0) is 0 Å². The van der Waals surface area contributed by atoms with E-state index < -0.39 is 0 Å². The molecule has 3 aromatic carbocycles. The van der Waals surface area contributed by atoms with Crippen LogP contribution in [0.2, 0.25) is 0 Å². The highest BCUT2D eigenvalue weighted by Gasteiger charge is 2.21. The van der Waals surface area contributed by atoms with Gasteiger partial charge in [-0.3, -0.25) is 4.79 Å². The number of hydrogen-bond donors (Lipinski definition) is 0. The molecule has 0 radical (unpaired) electrons.